The van der Waals surface area contributed by atoms with Gasteiger partial charge in [-0.3, -0.25) is 4.90 Å². The van der Waals surface area contributed by atoms with Crippen molar-refractivity contribution in [3.63, 3.8) is 0 Å². The zero-order valence-corrected chi connectivity index (χ0v) is 11.8. The van der Waals surface area contributed by atoms with Gasteiger partial charge in [0.05, 0.1) is 0 Å². The fourth-order valence-electron chi connectivity index (χ4n) is 2.61. The second-order valence-corrected chi connectivity index (χ2v) is 5.05. The lowest BCUT2D eigenvalue weighted by Crippen LogP contribution is -2.52. The van der Waals surface area contributed by atoms with Crippen LogP contribution < -0.4 is 4.90 Å². The molecule has 19 heavy (non-hydrogen) atoms. The molecular weight excluding hydrogens is 242 g/mol. The molecule has 1 atom stereocenters. The molecule has 1 aromatic heterocycles. The molecule has 0 amide bonds. The molecule has 5 heteroatoms. The standard InChI is InChI=1S/C14H21N3O2/c1-4-16-7-8-17(9-11(16)3)13-12(14(18)19)6-5-10(2)15-13/h5-6,11H,4,7-9H2,1-3H3,(H,18,19). The van der Waals surface area contributed by atoms with E-state index in [0.29, 0.717) is 17.4 Å². The van der Waals surface area contributed by atoms with Gasteiger partial charge in [-0.15, -0.1) is 0 Å². The van der Waals surface area contributed by atoms with Crippen molar-refractivity contribution in [2.45, 2.75) is 26.8 Å². The van der Waals surface area contributed by atoms with E-state index in [2.05, 4.69) is 28.6 Å². The Labute approximate surface area is 113 Å². The van der Waals surface area contributed by atoms with Crippen molar-refractivity contribution >= 4 is 11.8 Å². The molecule has 1 saturated heterocycles. The van der Waals surface area contributed by atoms with Gasteiger partial charge in [0, 0.05) is 31.4 Å². The summed E-state index contributed by atoms with van der Waals surface area (Å²) in [6.45, 7) is 9.85. The van der Waals surface area contributed by atoms with Crippen LogP contribution in [0.1, 0.15) is 29.9 Å². The van der Waals surface area contributed by atoms with Crippen LogP contribution in [0.5, 0.6) is 0 Å². The highest BCUT2D eigenvalue weighted by Gasteiger charge is 2.26. The normalized spacial score (nSPS) is 20.6. The van der Waals surface area contributed by atoms with E-state index in [4.69, 9.17) is 0 Å². The molecule has 0 saturated carbocycles. The molecule has 104 valence electrons. The van der Waals surface area contributed by atoms with Crippen molar-refractivity contribution in [2.24, 2.45) is 0 Å². The Hall–Kier alpha value is -1.62. The van der Waals surface area contributed by atoms with Gasteiger partial charge in [-0.05, 0) is 32.5 Å². The fourth-order valence-corrected chi connectivity index (χ4v) is 2.61. The predicted molar refractivity (Wildman–Crippen MR) is 74.9 cm³/mol. The molecule has 2 rings (SSSR count). The summed E-state index contributed by atoms with van der Waals surface area (Å²) >= 11 is 0. The van der Waals surface area contributed by atoms with E-state index in [-0.39, 0.29) is 0 Å². The first-order valence-corrected chi connectivity index (χ1v) is 6.73. The average molecular weight is 263 g/mol. The fraction of sp³-hybridized carbons (Fsp3) is 0.571. The van der Waals surface area contributed by atoms with Crippen LogP contribution in [-0.4, -0.2) is 53.2 Å². The van der Waals surface area contributed by atoms with Gasteiger partial charge in [0.1, 0.15) is 11.4 Å². The van der Waals surface area contributed by atoms with E-state index in [9.17, 15) is 9.90 Å². The van der Waals surface area contributed by atoms with E-state index < -0.39 is 5.97 Å². The number of hydrogen-bond acceptors (Lipinski definition) is 4. The van der Waals surface area contributed by atoms with E-state index >= 15 is 0 Å². The van der Waals surface area contributed by atoms with E-state index in [1.165, 1.54) is 0 Å². The minimum absolute atomic E-state index is 0.294. The zero-order chi connectivity index (χ0) is 14.0. The van der Waals surface area contributed by atoms with Gasteiger partial charge in [-0.2, -0.15) is 0 Å². The second-order valence-electron chi connectivity index (χ2n) is 5.05. The Balaban J connectivity index is 2.27. The number of aryl methyl sites for hydroxylation is 1. The number of nitrogens with zero attached hydrogens (tertiary/aromatic N) is 3. The molecule has 1 aromatic rings. The van der Waals surface area contributed by atoms with Crippen molar-refractivity contribution in [1.82, 2.24) is 9.88 Å². The number of carbonyl (C=O) groups is 1. The average Bonchev–Trinajstić information content (AvgIpc) is 2.38. The molecule has 1 N–H and O–H groups in total. The zero-order valence-electron chi connectivity index (χ0n) is 11.8. The highest BCUT2D eigenvalue weighted by molar-refractivity contribution is 5.93. The van der Waals surface area contributed by atoms with Crippen molar-refractivity contribution in [2.75, 3.05) is 31.1 Å². The van der Waals surface area contributed by atoms with E-state index in [0.717, 1.165) is 31.9 Å². The molecule has 0 aromatic carbocycles. The van der Waals surface area contributed by atoms with Crippen LogP contribution in [-0.2, 0) is 0 Å². The highest BCUT2D eigenvalue weighted by Crippen LogP contribution is 2.22. The van der Waals surface area contributed by atoms with E-state index in [1.807, 2.05) is 6.92 Å². The minimum atomic E-state index is -0.909. The molecular formula is C14H21N3O2. The Kier molecular flexibility index (Phi) is 4.04. The first-order valence-electron chi connectivity index (χ1n) is 6.73. The number of carboxylic acid groups (broad SMARTS) is 1. The van der Waals surface area contributed by atoms with Crippen molar-refractivity contribution in [3.05, 3.63) is 23.4 Å². The third kappa shape index (κ3) is 2.87. The second kappa shape index (κ2) is 5.57. The summed E-state index contributed by atoms with van der Waals surface area (Å²) < 4.78 is 0. The summed E-state index contributed by atoms with van der Waals surface area (Å²) in [4.78, 5) is 20.2. The van der Waals surface area contributed by atoms with Crippen LogP contribution in [0.3, 0.4) is 0 Å². The van der Waals surface area contributed by atoms with Crippen molar-refractivity contribution in [3.8, 4) is 0 Å². The lowest BCUT2D eigenvalue weighted by molar-refractivity contribution is 0.0696. The van der Waals surface area contributed by atoms with Crippen LogP contribution in [0.15, 0.2) is 12.1 Å². The number of carboxylic acids is 1. The molecule has 0 bridgehead atoms. The Morgan fingerprint density at radius 1 is 1.47 bits per heavy atom. The van der Waals surface area contributed by atoms with Crippen molar-refractivity contribution < 1.29 is 9.90 Å². The number of piperazine rings is 1. The maximum absolute atomic E-state index is 11.3. The summed E-state index contributed by atoms with van der Waals surface area (Å²) in [7, 11) is 0. The molecule has 1 aliphatic rings. The summed E-state index contributed by atoms with van der Waals surface area (Å²) in [5.74, 6) is -0.303. The number of likely N-dealkylation sites (N-methyl/N-ethyl adjacent to an activating group) is 1. The van der Waals surface area contributed by atoms with Gasteiger partial charge in [-0.1, -0.05) is 6.92 Å². The van der Waals surface area contributed by atoms with Gasteiger partial charge in [0.15, 0.2) is 0 Å². The topological polar surface area (TPSA) is 56.7 Å². The van der Waals surface area contributed by atoms with Crippen LogP contribution >= 0.6 is 0 Å². The van der Waals surface area contributed by atoms with Crippen LogP contribution in [0.4, 0.5) is 5.82 Å². The smallest absolute Gasteiger partial charge is 0.339 e. The number of rotatable bonds is 3. The minimum Gasteiger partial charge on any atom is -0.478 e. The number of anilines is 1. The molecule has 0 radical (unpaired) electrons. The molecule has 1 fully saturated rings. The lowest BCUT2D eigenvalue weighted by Gasteiger charge is -2.40. The predicted octanol–water partition coefficient (Wildman–Crippen LogP) is 1.62. The monoisotopic (exact) mass is 263 g/mol. The quantitative estimate of drug-likeness (QED) is 0.898. The number of pyridine rings is 1. The van der Waals surface area contributed by atoms with Crippen LogP contribution in [0, 0.1) is 6.92 Å². The third-order valence-corrected chi connectivity index (χ3v) is 3.72. The maximum Gasteiger partial charge on any atom is 0.339 e. The Morgan fingerprint density at radius 3 is 2.79 bits per heavy atom. The van der Waals surface area contributed by atoms with Gasteiger partial charge in [-0.25, -0.2) is 9.78 Å². The van der Waals surface area contributed by atoms with Gasteiger partial charge < -0.3 is 10.0 Å². The number of aromatic carboxylic acids is 1. The SMILES string of the molecule is CCN1CCN(c2nc(C)ccc2C(=O)O)CC1C. The third-order valence-electron chi connectivity index (χ3n) is 3.72. The largest absolute Gasteiger partial charge is 0.478 e. The molecule has 0 spiro atoms. The van der Waals surface area contributed by atoms with Crippen LogP contribution in [0.25, 0.3) is 0 Å². The molecule has 5 nitrogen and oxygen atoms in total. The Bertz CT molecular complexity index is 476. The summed E-state index contributed by atoms with van der Waals surface area (Å²) in [5, 5.41) is 9.27. The molecule has 1 aliphatic heterocycles. The summed E-state index contributed by atoms with van der Waals surface area (Å²) in [5.41, 5.74) is 1.15. The molecule has 0 aliphatic carbocycles. The summed E-state index contributed by atoms with van der Waals surface area (Å²) in [6, 6.07) is 3.82. The number of hydrogen-bond donors (Lipinski definition) is 1. The first kappa shape index (κ1) is 13.8. The van der Waals surface area contributed by atoms with Crippen molar-refractivity contribution in [1.29, 1.82) is 0 Å². The highest BCUT2D eigenvalue weighted by atomic mass is 16.4. The first-order chi connectivity index (χ1) is 9.02. The van der Waals surface area contributed by atoms with E-state index in [1.54, 1.807) is 12.1 Å². The lowest BCUT2D eigenvalue weighted by atomic mass is 10.1. The van der Waals surface area contributed by atoms with Gasteiger partial charge in [0.25, 0.3) is 0 Å². The van der Waals surface area contributed by atoms with Gasteiger partial charge in [0.2, 0.25) is 0 Å². The molecule has 2 heterocycles. The summed E-state index contributed by atoms with van der Waals surface area (Å²) in [6.07, 6.45) is 0. The maximum atomic E-state index is 11.3. The number of aromatic nitrogens is 1. The van der Waals surface area contributed by atoms with Gasteiger partial charge >= 0.3 is 5.97 Å². The molecule has 1 unspecified atom stereocenters. The van der Waals surface area contributed by atoms with Crippen LogP contribution in [0.2, 0.25) is 0 Å². The Morgan fingerprint density at radius 2 is 2.21 bits per heavy atom.